The lowest BCUT2D eigenvalue weighted by Crippen LogP contribution is -2.31. The van der Waals surface area contributed by atoms with E-state index >= 15 is 0 Å². The highest BCUT2D eigenvalue weighted by atomic mass is 32.2. The molecule has 1 heterocycles. The smallest absolute Gasteiger partial charge is 0.264 e. The minimum Gasteiger partial charge on any atom is -0.501 e. The molecular weight excluding hydrogens is 346 g/mol. The Morgan fingerprint density at radius 2 is 1.77 bits per heavy atom. The molecule has 0 saturated heterocycles. The molecule has 26 heavy (non-hydrogen) atoms. The lowest BCUT2D eigenvalue weighted by atomic mass is 9.97. The average Bonchev–Trinajstić information content (AvgIpc) is 3.00. The second-order valence-electron chi connectivity index (χ2n) is 6.65. The Balaban J connectivity index is 1.85. The molecule has 0 atom stereocenters. The Morgan fingerprint density at radius 3 is 2.50 bits per heavy atom. The highest BCUT2D eigenvalue weighted by Crippen LogP contribution is 2.40. The average molecular weight is 367 g/mol. The van der Waals surface area contributed by atoms with Gasteiger partial charge in [-0.3, -0.25) is 4.31 Å². The van der Waals surface area contributed by atoms with E-state index in [1.54, 1.807) is 23.5 Å². The van der Waals surface area contributed by atoms with Gasteiger partial charge in [0.05, 0.1) is 17.7 Å². The molecule has 0 amide bonds. The predicted octanol–water partition coefficient (Wildman–Crippen LogP) is 3.89. The highest BCUT2D eigenvalue weighted by Gasteiger charge is 2.33. The van der Waals surface area contributed by atoms with Crippen LogP contribution in [0.1, 0.15) is 23.1 Å². The number of methoxy groups -OCH3 is 1. The maximum absolute atomic E-state index is 13.4. The van der Waals surface area contributed by atoms with Crippen LogP contribution in [-0.2, 0) is 21.2 Å². The van der Waals surface area contributed by atoms with Crippen LogP contribution in [0.3, 0.4) is 0 Å². The maximum atomic E-state index is 13.4. The number of benzene rings is 2. The fourth-order valence-corrected chi connectivity index (χ4v) is 5.09. The topological polar surface area (TPSA) is 46.6 Å². The summed E-state index contributed by atoms with van der Waals surface area (Å²) in [4.78, 5) is 0.320. The minimum absolute atomic E-state index is 0.320. The van der Waals surface area contributed by atoms with Crippen molar-refractivity contribution >= 4 is 15.6 Å². The molecule has 4 rings (SSSR count). The second-order valence-corrected chi connectivity index (χ2v) is 8.52. The van der Waals surface area contributed by atoms with Crippen LogP contribution in [0.5, 0.6) is 0 Å². The largest absolute Gasteiger partial charge is 0.501 e. The molecule has 134 valence electrons. The summed E-state index contributed by atoms with van der Waals surface area (Å²) in [6.45, 7) is 2.36. The molecule has 0 fully saturated rings. The molecule has 2 aromatic carbocycles. The first kappa shape index (κ1) is 16.9. The standard InChI is InChI=1S/C21H21NO3S/c1-15-7-9-18(10-8-15)26(23,24)22-12-11-16-5-3-4-6-19(16)20-13-17(25-2)14-21(20)22/h3-10,14H,11-13H2,1-2H3. The van der Waals surface area contributed by atoms with Crippen molar-refractivity contribution < 1.29 is 13.2 Å². The van der Waals surface area contributed by atoms with E-state index in [1.807, 2.05) is 37.3 Å². The SMILES string of the molecule is COC1=CC2=C(C1)c1ccccc1CCN2S(=O)(=O)c1ccc(C)cc1. The zero-order valence-corrected chi connectivity index (χ0v) is 15.7. The number of nitrogens with zero attached hydrogens (tertiary/aromatic N) is 1. The molecule has 0 N–H and O–H groups in total. The molecular formula is C21H21NO3S. The molecule has 1 aliphatic heterocycles. The summed E-state index contributed by atoms with van der Waals surface area (Å²) >= 11 is 0. The molecule has 0 spiro atoms. The van der Waals surface area contributed by atoms with Crippen molar-refractivity contribution in [1.29, 1.82) is 0 Å². The van der Waals surface area contributed by atoms with Crippen molar-refractivity contribution in [2.45, 2.75) is 24.7 Å². The quantitative estimate of drug-likeness (QED) is 0.827. The van der Waals surface area contributed by atoms with Gasteiger partial charge in [0.15, 0.2) is 0 Å². The van der Waals surface area contributed by atoms with Gasteiger partial charge >= 0.3 is 0 Å². The van der Waals surface area contributed by atoms with E-state index in [9.17, 15) is 8.42 Å². The van der Waals surface area contributed by atoms with E-state index in [1.165, 1.54) is 5.56 Å². The van der Waals surface area contributed by atoms with E-state index in [-0.39, 0.29) is 0 Å². The summed E-state index contributed by atoms with van der Waals surface area (Å²) in [5.74, 6) is 0.788. The summed E-state index contributed by atoms with van der Waals surface area (Å²) in [6.07, 6.45) is 3.16. The van der Waals surface area contributed by atoms with E-state index in [0.717, 1.165) is 28.2 Å². The number of sulfonamides is 1. The lowest BCUT2D eigenvalue weighted by molar-refractivity contribution is 0.287. The van der Waals surface area contributed by atoms with Crippen LogP contribution >= 0.6 is 0 Å². The van der Waals surface area contributed by atoms with E-state index in [0.29, 0.717) is 24.3 Å². The van der Waals surface area contributed by atoms with Gasteiger partial charge in [-0.05, 0) is 42.2 Å². The van der Waals surface area contributed by atoms with Crippen LogP contribution in [0.15, 0.2) is 71.0 Å². The first-order valence-electron chi connectivity index (χ1n) is 8.66. The van der Waals surface area contributed by atoms with E-state index in [4.69, 9.17) is 4.74 Å². The summed E-state index contributed by atoms with van der Waals surface area (Å²) < 4.78 is 33.7. The summed E-state index contributed by atoms with van der Waals surface area (Å²) in [6, 6.07) is 15.2. The molecule has 0 bridgehead atoms. The van der Waals surface area contributed by atoms with Crippen LogP contribution in [-0.4, -0.2) is 26.4 Å². The molecule has 2 aromatic rings. The number of allylic oxidation sites excluding steroid dienone is 2. The van der Waals surface area contributed by atoms with Crippen molar-refractivity contribution in [1.82, 2.24) is 4.31 Å². The second kappa shape index (κ2) is 6.32. The molecule has 2 aliphatic rings. The van der Waals surface area contributed by atoms with Crippen molar-refractivity contribution in [2.24, 2.45) is 0 Å². The third-order valence-electron chi connectivity index (χ3n) is 5.02. The van der Waals surface area contributed by atoms with Gasteiger partial charge < -0.3 is 4.74 Å². The maximum Gasteiger partial charge on any atom is 0.264 e. The molecule has 0 aromatic heterocycles. The number of ether oxygens (including phenoxy) is 1. The van der Waals surface area contributed by atoms with Crippen LogP contribution in [0.2, 0.25) is 0 Å². The van der Waals surface area contributed by atoms with Gasteiger partial charge in [0.25, 0.3) is 10.0 Å². The van der Waals surface area contributed by atoms with Crippen molar-refractivity contribution in [3.8, 4) is 0 Å². The molecule has 1 aliphatic carbocycles. The van der Waals surface area contributed by atoms with Crippen molar-refractivity contribution in [3.63, 3.8) is 0 Å². The minimum atomic E-state index is -3.63. The van der Waals surface area contributed by atoms with Crippen molar-refractivity contribution in [2.75, 3.05) is 13.7 Å². The van der Waals surface area contributed by atoms with Gasteiger partial charge in [-0.1, -0.05) is 42.0 Å². The predicted molar refractivity (Wildman–Crippen MR) is 102 cm³/mol. The Morgan fingerprint density at radius 1 is 1.04 bits per heavy atom. The van der Waals surface area contributed by atoms with Crippen molar-refractivity contribution in [3.05, 3.63) is 82.8 Å². The summed E-state index contributed by atoms with van der Waals surface area (Å²) in [5, 5.41) is 0. The Labute approximate surface area is 154 Å². The number of hydrogen-bond acceptors (Lipinski definition) is 3. The molecule has 4 nitrogen and oxygen atoms in total. The van der Waals surface area contributed by atoms with Crippen LogP contribution in [0, 0.1) is 6.92 Å². The first-order valence-corrected chi connectivity index (χ1v) is 10.1. The molecule has 0 radical (unpaired) electrons. The Bertz CT molecular complexity index is 1020. The Kier molecular flexibility index (Phi) is 4.11. The van der Waals surface area contributed by atoms with E-state index < -0.39 is 10.0 Å². The lowest BCUT2D eigenvalue weighted by Gasteiger charge is -2.24. The molecule has 0 saturated carbocycles. The zero-order chi connectivity index (χ0) is 18.3. The highest BCUT2D eigenvalue weighted by molar-refractivity contribution is 7.89. The fraction of sp³-hybridized carbons (Fsp3) is 0.238. The molecule has 0 unspecified atom stereocenters. The summed E-state index contributed by atoms with van der Waals surface area (Å²) in [5.41, 5.74) is 5.08. The van der Waals surface area contributed by atoms with Crippen LogP contribution in [0.25, 0.3) is 5.57 Å². The van der Waals surface area contributed by atoms with Gasteiger partial charge in [0.1, 0.15) is 5.76 Å². The van der Waals surface area contributed by atoms with Gasteiger partial charge in [0, 0.05) is 19.0 Å². The van der Waals surface area contributed by atoms with Gasteiger partial charge in [-0.2, -0.15) is 0 Å². The van der Waals surface area contributed by atoms with E-state index in [2.05, 4.69) is 12.1 Å². The summed E-state index contributed by atoms with van der Waals surface area (Å²) in [7, 11) is -2.00. The number of rotatable bonds is 3. The van der Waals surface area contributed by atoms with Gasteiger partial charge in [-0.25, -0.2) is 8.42 Å². The first-order chi connectivity index (χ1) is 12.5. The zero-order valence-electron chi connectivity index (χ0n) is 14.9. The number of fused-ring (bicyclic) bond motifs is 2. The van der Waals surface area contributed by atoms with Crippen LogP contribution in [0.4, 0.5) is 0 Å². The third kappa shape index (κ3) is 2.72. The number of aryl methyl sites for hydroxylation is 1. The van der Waals surface area contributed by atoms with Crippen LogP contribution < -0.4 is 0 Å². The number of hydrogen-bond donors (Lipinski definition) is 0. The van der Waals surface area contributed by atoms with Gasteiger partial charge in [0.2, 0.25) is 0 Å². The fourth-order valence-electron chi connectivity index (χ4n) is 3.60. The third-order valence-corrected chi connectivity index (χ3v) is 6.85. The molecule has 5 heteroatoms. The Hall–Kier alpha value is -2.53. The van der Waals surface area contributed by atoms with Gasteiger partial charge in [-0.15, -0.1) is 0 Å². The normalized spacial score (nSPS) is 16.7. The monoisotopic (exact) mass is 367 g/mol.